The summed E-state index contributed by atoms with van der Waals surface area (Å²) in [6.45, 7) is 6.69. The average molecular weight is 189 g/mol. The van der Waals surface area contributed by atoms with Crippen LogP contribution in [-0.2, 0) is 6.42 Å². The van der Waals surface area contributed by atoms with E-state index in [1.54, 1.807) is 0 Å². The van der Waals surface area contributed by atoms with E-state index in [4.69, 9.17) is 0 Å². The minimum absolute atomic E-state index is 0.210. The maximum absolute atomic E-state index is 3.67. The molecule has 0 saturated carbocycles. The molecular weight excluding hydrogens is 170 g/mol. The second kappa shape index (κ2) is 3.39. The van der Waals surface area contributed by atoms with Gasteiger partial charge in [0.25, 0.3) is 0 Å². The van der Waals surface area contributed by atoms with Gasteiger partial charge in [-0.3, -0.25) is 0 Å². The Kier molecular flexibility index (Phi) is 2.36. The number of hydrogen-bond donors (Lipinski definition) is 1. The molecule has 1 aromatic rings. The van der Waals surface area contributed by atoms with Gasteiger partial charge in [-0.15, -0.1) is 0 Å². The molecule has 2 rings (SSSR count). The maximum Gasteiger partial charge on any atom is 0.0330 e. The summed E-state index contributed by atoms with van der Waals surface area (Å²) in [4.78, 5) is 0. The number of hydrogen-bond acceptors (Lipinski definition) is 1. The first-order valence-electron chi connectivity index (χ1n) is 5.42. The van der Waals surface area contributed by atoms with Crippen LogP contribution >= 0.6 is 0 Å². The number of rotatable bonds is 1. The first-order chi connectivity index (χ1) is 6.56. The van der Waals surface area contributed by atoms with E-state index in [1.807, 2.05) is 0 Å². The lowest BCUT2D eigenvalue weighted by Gasteiger charge is -2.26. The molecule has 0 radical (unpaired) electrons. The van der Waals surface area contributed by atoms with Crippen LogP contribution in [0, 0.1) is 0 Å². The van der Waals surface area contributed by atoms with Crippen LogP contribution in [0.1, 0.15) is 44.4 Å². The van der Waals surface area contributed by atoms with Crippen molar-refractivity contribution < 1.29 is 0 Å². The predicted octanol–water partition coefficient (Wildman–Crippen LogP) is 3.06. The molecule has 1 aliphatic rings. The van der Waals surface area contributed by atoms with Crippen molar-refractivity contribution in [3.8, 4) is 0 Å². The van der Waals surface area contributed by atoms with Gasteiger partial charge in [0, 0.05) is 11.6 Å². The van der Waals surface area contributed by atoms with Crippen LogP contribution in [0.25, 0.3) is 0 Å². The molecule has 0 spiro atoms. The second-order valence-corrected chi connectivity index (χ2v) is 5.18. The normalized spacial score (nSPS) is 20.9. The van der Waals surface area contributed by atoms with Gasteiger partial charge in [0.05, 0.1) is 0 Å². The van der Waals surface area contributed by atoms with E-state index in [1.165, 1.54) is 24.0 Å². The molecule has 0 aliphatic heterocycles. The quantitative estimate of drug-likeness (QED) is 0.716. The molecule has 1 N–H and O–H groups in total. The third-order valence-corrected chi connectivity index (χ3v) is 2.74. The first-order valence-corrected chi connectivity index (χ1v) is 5.42. The summed E-state index contributed by atoms with van der Waals surface area (Å²) in [5, 5.41) is 3.67. The minimum Gasteiger partial charge on any atom is -0.305 e. The summed E-state index contributed by atoms with van der Waals surface area (Å²) in [5.41, 5.74) is 3.24. The summed E-state index contributed by atoms with van der Waals surface area (Å²) in [7, 11) is 0. The van der Waals surface area contributed by atoms with Gasteiger partial charge in [-0.05, 0) is 44.7 Å². The Balaban J connectivity index is 2.18. The molecule has 14 heavy (non-hydrogen) atoms. The van der Waals surface area contributed by atoms with Gasteiger partial charge in [-0.1, -0.05) is 24.3 Å². The summed E-state index contributed by atoms with van der Waals surface area (Å²) in [5.74, 6) is 0. The van der Waals surface area contributed by atoms with Crippen molar-refractivity contribution in [3.05, 3.63) is 35.4 Å². The van der Waals surface area contributed by atoms with Gasteiger partial charge in [0.1, 0.15) is 0 Å². The Hall–Kier alpha value is -0.820. The molecule has 0 bridgehead atoms. The number of benzene rings is 1. The average Bonchev–Trinajstić information content (AvgIpc) is 2.47. The SMILES string of the molecule is CC(C)(C)N[C@H]1CCc2ccccc21. The van der Waals surface area contributed by atoms with Crippen LogP contribution in [0.5, 0.6) is 0 Å². The summed E-state index contributed by atoms with van der Waals surface area (Å²) < 4.78 is 0. The van der Waals surface area contributed by atoms with E-state index in [-0.39, 0.29) is 5.54 Å². The predicted molar refractivity (Wildman–Crippen MR) is 60.4 cm³/mol. The Morgan fingerprint density at radius 2 is 1.93 bits per heavy atom. The first kappa shape index (κ1) is 9.72. The Bertz CT molecular complexity index is 322. The van der Waals surface area contributed by atoms with Gasteiger partial charge < -0.3 is 5.32 Å². The van der Waals surface area contributed by atoms with E-state index < -0.39 is 0 Å². The zero-order valence-electron chi connectivity index (χ0n) is 9.30. The highest BCUT2D eigenvalue weighted by Gasteiger charge is 2.25. The molecule has 0 aromatic heterocycles. The maximum atomic E-state index is 3.67. The Morgan fingerprint density at radius 3 is 2.64 bits per heavy atom. The smallest absolute Gasteiger partial charge is 0.0330 e. The Labute approximate surface area is 86.5 Å². The lowest BCUT2D eigenvalue weighted by atomic mass is 10.0. The molecule has 0 saturated heterocycles. The number of aryl methyl sites for hydroxylation is 1. The van der Waals surface area contributed by atoms with Crippen LogP contribution in [0.3, 0.4) is 0 Å². The highest BCUT2D eigenvalue weighted by atomic mass is 15.0. The lowest BCUT2D eigenvalue weighted by Crippen LogP contribution is -2.37. The van der Waals surface area contributed by atoms with E-state index in [0.717, 1.165) is 0 Å². The fourth-order valence-corrected chi connectivity index (χ4v) is 2.23. The van der Waals surface area contributed by atoms with Crippen LogP contribution in [0.2, 0.25) is 0 Å². The van der Waals surface area contributed by atoms with Crippen LogP contribution < -0.4 is 5.32 Å². The van der Waals surface area contributed by atoms with E-state index >= 15 is 0 Å². The van der Waals surface area contributed by atoms with Crippen molar-refractivity contribution >= 4 is 0 Å². The Morgan fingerprint density at radius 1 is 1.21 bits per heavy atom. The number of fused-ring (bicyclic) bond motifs is 1. The third kappa shape index (κ3) is 1.98. The van der Waals surface area contributed by atoms with Crippen LogP contribution in [-0.4, -0.2) is 5.54 Å². The second-order valence-electron chi connectivity index (χ2n) is 5.18. The molecule has 1 heteroatoms. The van der Waals surface area contributed by atoms with Crippen LogP contribution in [0.15, 0.2) is 24.3 Å². The summed E-state index contributed by atoms with van der Waals surface area (Å²) in [6, 6.07) is 9.34. The lowest BCUT2D eigenvalue weighted by molar-refractivity contribution is 0.362. The summed E-state index contributed by atoms with van der Waals surface area (Å²) >= 11 is 0. The van der Waals surface area contributed by atoms with E-state index in [9.17, 15) is 0 Å². The van der Waals surface area contributed by atoms with E-state index in [2.05, 4.69) is 50.4 Å². The molecule has 1 nitrogen and oxygen atoms in total. The van der Waals surface area contributed by atoms with Gasteiger partial charge in [0.15, 0.2) is 0 Å². The fourth-order valence-electron chi connectivity index (χ4n) is 2.23. The zero-order chi connectivity index (χ0) is 10.2. The fraction of sp³-hybridized carbons (Fsp3) is 0.538. The van der Waals surface area contributed by atoms with Gasteiger partial charge in [-0.25, -0.2) is 0 Å². The van der Waals surface area contributed by atoms with Crippen molar-refractivity contribution in [2.75, 3.05) is 0 Å². The van der Waals surface area contributed by atoms with Crippen molar-refractivity contribution in [3.63, 3.8) is 0 Å². The molecule has 1 atom stereocenters. The topological polar surface area (TPSA) is 12.0 Å². The highest BCUT2D eigenvalue weighted by molar-refractivity contribution is 5.34. The minimum atomic E-state index is 0.210. The van der Waals surface area contributed by atoms with Crippen molar-refractivity contribution in [2.45, 2.75) is 45.2 Å². The van der Waals surface area contributed by atoms with Gasteiger partial charge in [-0.2, -0.15) is 0 Å². The van der Waals surface area contributed by atoms with Crippen molar-refractivity contribution in [2.24, 2.45) is 0 Å². The molecule has 0 amide bonds. The zero-order valence-corrected chi connectivity index (χ0v) is 9.30. The molecule has 1 aliphatic carbocycles. The molecule has 1 aromatic carbocycles. The van der Waals surface area contributed by atoms with Crippen LogP contribution in [0.4, 0.5) is 0 Å². The molecule has 76 valence electrons. The third-order valence-electron chi connectivity index (χ3n) is 2.74. The summed E-state index contributed by atoms with van der Waals surface area (Å²) in [6.07, 6.45) is 2.47. The van der Waals surface area contributed by atoms with Crippen molar-refractivity contribution in [1.82, 2.24) is 5.32 Å². The van der Waals surface area contributed by atoms with E-state index in [0.29, 0.717) is 6.04 Å². The molecule has 0 fully saturated rings. The standard InChI is InChI=1S/C13H19N/c1-13(2,3)14-12-9-8-10-6-4-5-7-11(10)12/h4-7,12,14H,8-9H2,1-3H3/t12-/m0/s1. The van der Waals surface area contributed by atoms with Crippen molar-refractivity contribution in [1.29, 1.82) is 0 Å². The van der Waals surface area contributed by atoms with Gasteiger partial charge >= 0.3 is 0 Å². The monoisotopic (exact) mass is 189 g/mol. The van der Waals surface area contributed by atoms with Gasteiger partial charge in [0.2, 0.25) is 0 Å². The molecular formula is C13H19N. The number of nitrogens with one attached hydrogen (secondary N) is 1. The molecule has 0 heterocycles. The molecule has 0 unspecified atom stereocenters. The largest absolute Gasteiger partial charge is 0.305 e. The highest BCUT2D eigenvalue weighted by Crippen LogP contribution is 2.31.